The second-order valence-corrected chi connectivity index (χ2v) is 7.05. The summed E-state index contributed by atoms with van der Waals surface area (Å²) in [5.74, 6) is 0.638. The van der Waals surface area contributed by atoms with Crippen LogP contribution in [0.1, 0.15) is 63.2 Å². The Kier molecular flexibility index (Phi) is 5.83. The van der Waals surface area contributed by atoms with Gasteiger partial charge in [0, 0.05) is 12.5 Å². The highest BCUT2D eigenvalue weighted by Crippen LogP contribution is 2.51. The molecule has 0 saturated heterocycles. The van der Waals surface area contributed by atoms with E-state index in [1.165, 1.54) is 18.4 Å². The van der Waals surface area contributed by atoms with Crippen molar-refractivity contribution in [1.29, 1.82) is 0 Å². The SMILES string of the molecule is COCCc1ccc(C(O)C2(CC(C)C)CCCC2)cc1. The number of aliphatic hydroxyl groups is 1. The molecule has 1 unspecified atom stereocenters. The van der Waals surface area contributed by atoms with Gasteiger partial charge in [0.25, 0.3) is 0 Å². The molecule has 0 spiro atoms. The zero-order valence-corrected chi connectivity index (χ0v) is 13.8. The number of hydrogen-bond donors (Lipinski definition) is 1. The maximum absolute atomic E-state index is 11.0. The lowest BCUT2D eigenvalue weighted by atomic mass is 9.72. The fraction of sp³-hybridized carbons (Fsp3) is 0.684. The van der Waals surface area contributed by atoms with Gasteiger partial charge in [-0.1, -0.05) is 51.0 Å². The van der Waals surface area contributed by atoms with Gasteiger partial charge in [-0.05, 0) is 42.7 Å². The Morgan fingerprint density at radius 1 is 1.14 bits per heavy atom. The summed E-state index contributed by atoms with van der Waals surface area (Å²) in [6, 6.07) is 8.48. The summed E-state index contributed by atoms with van der Waals surface area (Å²) in [6.07, 6.45) is 6.59. The van der Waals surface area contributed by atoms with Crippen molar-refractivity contribution in [2.24, 2.45) is 11.3 Å². The van der Waals surface area contributed by atoms with Crippen molar-refractivity contribution in [2.45, 2.75) is 58.5 Å². The number of aliphatic hydroxyl groups excluding tert-OH is 1. The van der Waals surface area contributed by atoms with Crippen molar-refractivity contribution in [3.63, 3.8) is 0 Å². The highest BCUT2D eigenvalue weighted by molar-refractivity contribution is 5.26. The maximum Gasteiger partial charge on any atom is 0.0846 e. The lowest BCUT2D eigenvalue weighted by Gasteiger charge is -2.36. The minimum absolute atomic E-state index is 0.0994. The fourth-order valence-electron chi connectivity index (χ4n) is 3.92. The Hall–Kier alpha value is -0.860. The minimum atomic E-state index is -0.320. The summed E-state index contributed by atoms with van der Waals surface area (Å²) in [5.41, 5.74) is 2.46. The van der Waals surface area contributed by atoms with Gasteiger partial charge in [0.1, 0.15) is 0 Å². The summed E-state index contributed by atoms with van der Waals surface area (Å²) < 4.78 is 5.12. The number of hydrogen-bond acceptors (Lipinski definition) is 2. The maximum atomic E-state index is 11.0. The second-order valence-electron chi connectivity index (χ2n) is 7.05. The molecule has 118 valence electrons. The first-order chi connectivity index (χ1) is 10.1. The molecule has 1 saturated carbocycles. The van der Waals surface area contributed by atoms with Crippen molar-refractivity contribution in [1.82, 2.24) is 0 Å². The van der Waals surface area contributed by atoms with E-state index in [1.807, 2.05) is 0 Å². The lowest BCUT2D eigenvalue weighted by molar-refractivity contribution is 0.0112. The van der Waals surface area contributed by atoms with Crippen LogP contribution in [-0.4, -0.2) is 18.8 Å². The van der Waals surface area contributed by atoms with Crippen molar-refractivity contribution < 1.29 is 9.84 Å². The molecule has 0 bridgehead atoms. The summed E-state index contributed by atoms with van der Waals surface area (Å²) in [6.45, 7) is 5.28. The first kappa shape index (κ1) is 16.5. The number of benzene rings is 1. The van der Waals surface area contributed by atoms with E-state index in [0.717, 1.165) is 37.9 Å². The Balaban J connectivity index is 2.11. The van der Waals surface area contributed by atoms with Crippen LogP contribution >= 0.6 is 0 Å². The van der Waals surface area contributed by atoms with Crippen LogP contribution in [0.25, 0.3) is 0 Å². The van der Waals surface area contributed by atoms with Gasteiger partial charge in [0.2, 0.25) is 0 Å². The molecule has 2 rings (SSSR count). The zero-order chi connectivity index (χ0) is 15.3. The van der Waals surface area contributed by atoms with Gasteiger partial charge < -0.3 is 9.84 Å². The van der Waals surface area contributed by atoms with Gasteiger partial charge >= 0.3 is 0 Å². The topological polar surface area (TPSA) is 29.5 Å². The van der Waals surface area contributed by atoms with Gasteiger partial charge in [-0.2, -0.15) is 0 Å². The molecule has 2 heteroatoms. The standard InChI is InChI=1S/C19H30O2/c1-15(2)14-19(11-4-5-12-19)18(20)17-8-6-16(7-9-17)10-13-21-3/h6-9,15,18,20H,4-5,10-14H2,1-3H3. The van der Waals surface area contributed by atoms with Crippen LogP contribution in [0.15, 0.2) is 24.3 Å². The molecule has 0 aromatic heterocycles. The molecule has 1 aliphatic rings. The van der Waals surface area contributed by atoms with Gasteiger partial charge in [-0.3, -0.25) is 0 Å². The highest BCUT2D eigenvalue weighted by Gasteiger charge is 2.41. The first-order valence-corrected chi connectivity index (χ1v) is 8.33. The minimum Gasteiger partial charge on any atom is -0.388 e. The van der Waals surface area contributed by atoms with Crippen LogP contribution < -0.4 is 0 Å². The monoisotopic (exact) mass is 290 g/mol. The molecule has 0 radical (unpaired) electrons. The largest absolute Gasteiger partial charge is 0.388 e. The average molecular weight is 290 g/mol. The van der Waals surface area contributed by atoms with Crippen LogP contribution in [0.4, 0.5) is 0 Å². The smallest absolute Gasteiger partial charge is 0.0846 e. The lowest BCUT2D eigenvalue weighted by Crippen LogP contribution is -2.27. The third-order valence-corrected chi connectivity index (χ3v) is 4.88. The van der Waals surface area contributed by atoms with E-state index in [-0.39, 0.29) is 11.5 Å². The van der Waals surface area contributed by atoms with E-state index in [1.54, 1.807) is 7.11 Å². The number of methoxy groups -OCH3 is 1. The fourth-order valence-corrected chi connectivity index (χ4v) is 3.92. The third kappa shape index (κ3) is 4.08. The molecule has 1 fully saturated rings. The summed E-state index contributed by atoms with van der Waals surface area (Å²) in [4.78, 5) is 0. The Morgan fingerprint density at radius 2 is 1.76 bits per heavy atom. The molecule has 1 aromatic carbocycles. The number of ether oxygens (including phenoxy) is 1. The van der Waals surface area contributed by atoms with E-state index in [0.29, 0.717) is 5.92 Å². The second kappa shape index (κ2) is 7.42. The van der Waals surface area contributed by atoms with E-state index < -0.39 is 0 Å². The highest BCUT2D eigenvalue weighted by atomic mass is 16.5. The van der Waals surface area contributed by atoms with Crippen LogP contribution in [0.3, 0.4) is 0 Å². The van der Waals surface area contributed by atoms with Crippen LogP contribution in [0, 0.1) is 11.3 Å². The molecule has 1 aromatic rings. The van der Waals surface area contributed by atoms with Gasteiger partial charge in [0.05, 0.1) is 12.7 Å². The molecule has 0 aliphatic heterocycles. The van der Waals surface area contributed by atoms with Crippen LogP contribution in [0.5, 0.6) is 0 Å². The van der Waals surface area contributed by atoms with Crippen molar-refractivity contribution in [2.75, 3.05) is 13.7 Å². The number of rotatable bonds is 7. The quantitative estimate of drug-likeness (QED) is 0.800. The van der Waals surface area contributed by atoms with E-state index in [4.69, 9.17) is 4.74 Å². The molecule has 1 N–H and O–H groups in total. The summed E-state index contributed by atoms with van der Waals surface area (Å²) in [7, 11) is 1.73. The van der Waals surface area contributed by atoms with E-state index >= 15 is 0 Å². The summed E-state index contributed by atoms with van der Waals surface area (Å²) in [5, 5.41) is 11.0. The predicted octanol–water partition coefficient (Wildman–Crippen LogP) is 4.52. The van der Waals surface area contributed by atoms with Gasteiger partial charge in [-0.25, -0.2) is 0 Å². The van der Waals surface area contributed by atoms with E-state index in [9.17, 15) is 5.11 Å². The molecule has 1 atom stereocenters. The van der Waals surface area contributed by atoms with Crippen molar-refractivity contribution in [3.05, 3.63) is 35.4 Å². The molecular weight excluding hydrogens is 260 g/mol. The zero-order valence-electron chi connectivity index (χ0n) is 13.8. The molecule has 2 nitrogen and oxygen atoms in total. The Morgan fingerprint density at radius 3 is 2.29 bits per heavy atom. The average Bonchev–Trinajstić information content (AvgIpc) is 2.93. The van der Waals surface area contributed by atoms with Gasteiger partial charge in [-0.15, -0.1) is 0 Å². The van der Waals surface area contributed by atoms with Crippen molar-refractivity contribution >= 4 is 0 Å². The Bertz CT molecular complexity index is 416. The summed E-state index contributed by atoms with van der Waals surface area (Å²) >= 11 is 0. The first-order valence-electron chi connectivity index (χ1n) is 8.33. The van der Waals surface area contributed by atoms with Crippen LogP contribution in [0.2, 0.25) is 0 Å². The van der Waals surface area contributed by atoms with Crippen LogP contribution in [-0.2, 0) is 11.2 Å². The Labute approximate surface area is 129 Å². The van der Waals surface area contributed by atoms with E-state index in [2.05, 4.69) is 38.1 Å². The molecule has 1 aliphatic carbocycles. The predicted molar refractivity (Wildman–Crippen MR) is 87.3 cm³/mol. The molecule has 0 amide bonds. The molecule has 0 heterocycles. The normalized spacial score (nSPS) is 19.1. The molecule has 21 heavy (non-hydrogen) atoms. The van der Waals surface area contributed by atoms with Gasteiger partial charge in [0.15, 0.2) is 0 Å². The van der Waals surface area contributed by atoms with Crippen molar-refractivity contribution in [3.8, 4) is 0 Å². The third-order valence-electron chi connectivity index (χ3n) is 4.88. The molecular formula is C19H30O2.